The van der Waals surface area contributed by atoms with E-state index in [0.29, 0.717) is 24.4 Å². The molecule has 0 spiro atoms. The fraction of sp³-hybridized carbons (Fsp3) is 0.958. The Morgan fingerprint density at radius 2 is 1.72 bits per heavy atom. The van der Waals surface area contributed by atoms with E-state index in [0.717, 1.165) is 30.6 Å². The van der Waals surface area contributed by atoms with Gasteiger partial charge in [-0.05, 0) is 61.7 Å². The van der Waals surface area contributed by atoms with Crippen LogP contribution in [0, 0.1) is 29.6 Å². The molecule has 5 nitrogen and oxygen atoms in total. The zero-order chi connectivity index (χ0) is 21.6. The number of nitrogens with zero attached hydrogens (tertiary/aromatic N) is 1. The molecule has 0 aromatic carbocycles. The number of amides is 1. The largest absolute Gasteiger partial charge is 0.381 e. The number of rotatable bonds is 10. The Bertz CT molecular complexity index is 489. The van der Waals surface area contributed by atoms with E-state index >= 15 is 0 Å². The van der Waals surface area contributed by atoms with E-state index in [1.807, 2.05) is 7.11 Å². The lowest BCUT2D eigenvalue weighted by atomic mass is 9.58. The molecule has 8 atom stereocenters. The van der Waals surface area contributed by atoms with E-state index in [1.165, 1.54) is 32.1 Å². The lowest BCUT2D eigenvalue weighted by Gasteiger charge is -2.50. The van der Waals surface area contributed by atoms with Crippen LogP contribution in [-0.2, 0) is 19.0 Å². The Kier molecular flexibility index (Phi) is 9.90. The molecule has 0 heterocycles. The van der Waals surface area contributed by atoms with Crippen molar-refractivity contribution in [3.63, 3.8) is 0 Å². The van der Waals surface area contributed by atoms with Crippen molar-refractivity contribution in [2.45, 2.75) is 83.5 Å². The summed E-state index contributed by atoms with van der Waals surface area (Å²) in [6.07, 6.45) is 9.09. The van der Waals surface area contributed by atoms with Crippen LogP contribution in [-0.4, -0.2) is 64.5 Å². The van der Waals surface area contributed by atoms with E-state index in [9.17, 15) is 4.79 Å². The maximum atomic E-state index is 12.1. The Morgan fingerprint density at radius 3 is 2.31 bits per heavy atom. The van der Waals surface area contributed by atoms with E-state index in [-0.39, 0.29) is 18.1 Å². The minimum atomic E-state index is -0.0892. The summed E-state index contributed by atoms with van der Waals surface area (Å²) in [4.78, 5) is 13.7. The zero-order valence-corrected chi connectivity index (χ0v) is 19.9. The predicted molar refractivity (Wildman–Crippen MR) is 117 cm³/mol. The Morgan fingerprint density at radius 1 is 1.03 bits per heavy atom. The van der Waals surface area contributed by atoms with Crippen LogP contribution in [0.3, 0.4) is 0 Å². The van der Waals surface area contributed by atoms with E-state index < -0.39 is 0 Å². The molecule has 8 unspecified atom stereocenters. The molecule has 5 heteroatoms. The summed E-state index contributed by atoms with van der Waals surface area (Å²) in [6, 6.07) is 0. The van der Waals surface area contributed by atoms with E-state index in [1.54, 1.807) is 33.2 Å². The van der Waals surface area contributed by atoms with Crippen molar-refractivity contribution in [1.29, 1.82) is 0 Å². The van der Waals surface area contributed by atoms with Gasteiger partial charge in [-0.2, -0.15) is 0 Å². The third-order valence-corrected chi connectivity index (χ3v) is 7.75. The molecule has 0 saturated heterocycles. The second kappa shape index (κ2) is 11.7. The van der Waals surface area contributed by atoms with Gasteiger partial charge in [0.2, 0.25) is 5.91 Å². The molecular weight excluding hydrogens is 366 g/mol. The zero-order valence-electron chi connectivity index (χ0n) is 19.9. The predicted octanol–water partition coefficient (Wildman–Crippen LogP) is 4.39. The molecular formula is C24H45NO4. The van der Waals surface area contributed by atoms with Gasteiger partial charge in [-0.15, -0.1) is 0 Å². The molecule has 2 aliphatic rings. The lowest BCUT2D eigenvalue weighted by molar-refractivity contribution is -0.131. The lowest BCUT2D eigenvalue weighted by Crippen LogP contribution is -2.46. The average molecular weight is 412 g/mol. The van der Waals surface area contributed by atoms with Crippen molar-refractivity contribution < 1.29 is 19.0 Å². The first-order chi connectivity index (χ1) is 13.8. The second-order valence-electron chi connectivity index (χ2n) is 9.93. The Labute approximate surface area is 178 Å². The summed E-state index contributed by atoms with van der Waals surface area (Å²) in [6.45, 7) is 4.82. The monoisotopic (exact) mass is 411 g/mol. The minimum Gasteiger partial charge on any atom is -0.381 e. The number of carbonyl (C=O) groups is 1. The normalized spacial score (nSPS) is 34.3. The Hall–Kier alpha value is -0.650. The van der Waals surface area contributed by atoms with Crippen LogP contribution in [0.4, 0.5) is 0 Å². The highest BCUT2D eigenvalue weighted by Crippen LogP contribution is 2.50. The highest BCUT2D eigenvalue weighted by Gasteiger charge is 2.45. The summed E-state index contributed by atoms with van der Waals surface area (Å²) in [5.74, 6) is 3.83. The summed E-state index contributed by atoms with van der Waals surface area (Å²) < 4.78 is 17.4. The van der Waals surface area contributed by atoms with Crippen LogP contribution in [0.1, 0.15) is 65.2 Å². The van der Waals surface area contributed by atoms with Crippen molar-refractivity contribution in [1.82, 2.24) is 4.90 Å². The van der Waals surface area contributed by atoms with Gasteiger partial charge in [-0.3, -0.25) is 4.79 Å². The number of fused-ring (bicyclic) bond motifs is 1. The fourth-order valence-corrected chi connectivity index (χ4v) is 6.01. The van der Waals surface area contributed by atoms with Gasteiger partial charge in [0.1, 0.15) is 0 Å². The van der Waals surface area contributed by atoms with Gasteiger partial charge in [0.05, 0.1) is 24.7 Å². The van der Waals surface area contributed by atoms with Crippen LogP contribution >= 0.6 is 0 Å². The van der Waals surface area contributed by atoms with Gasteiger partial charge in [0.15, 0.2) is 0 Å². The number of ether oxygens (including phenoxy) is 3. The molecule has 2 fully saturated rings. The number of methoxy groups -OCH3 is 3. The maximum absolute atomic E-state index is 12.1. The molecule has 0 aromatic rings. The van der Waals surface area contributed by atoms with Crippen molar-refractivity contribution in [2.75, 3.05) is 35.4 Å². The topological polar surface area (TPSA) is 48.0 Å². The van der Waals surface area contributed by atoms with Crippen molar-refractivity contribution in [3.8, 4) is 0 Å². The number of hydrogen-bond donors (Lipinski definition) is 0. The molecule has 170 valence electrons. The van der Waals surface area contributed by atoms with E-state index in [4.69, 9.17) is 14.2 Å². The molecule has 29 heavy (non-hydrogen) atoms. The van der Waals surface area contributed by atoms with Crippen LogP contribution in [0.15, 0.2) is 0 Å². The number of hydrogen-bond acceptors (Lipinski definition) is 4. The van der Waals surface area contributed by atoms with Crippen LogP contribution in [0.2, 0.25) is 0 Å². The quantitative estimate of drug-likeness (QED) is 0.535. The van der Waals surface area contributed by atoms with Crippen molar-refractivity contribution >= 4 is 5.91 Å². The van der Waals surface area contributed by atoms with Crippen molar-refractivity contribution in [2.24, 2.45) is 29.6 Å². The highest BCUT2D eigenvalue weighted by atomic mass is 16.5. The molecule has 2 saturated carbocycles. The molecule has 2 rings (SSSR count). The second-order valence-corrected chi connectivity index (χ2v) is 9.93. The summed E-state index contributed by atoms with van der Waals surface area (Å²) in [5.41, 5.74) is 0. The first-order valence-electron chi connectivity index (χ1n) is 11.6. The van der Waals surface area contributed by atoms with Gasteiger partial charge < -0.3 is 19.1 Å². The molecule has 0 N–H and O–H groups in total. The third-order valence-electron chi connectivity index (χ3n) is 7.75. The van der Waals surface area contributed by atoms with Gasteiger partial charge in [0.25, 0.3) is 0 Å². The summed E-state index contributed by atoms with van der Waals surface area (Å²) in [7, 11) is 8.97. The molecule has 0 aliphatic heterocycles. The molecule has 0 radical (unpaired) electrons. The van der Waals surface area contributed by atoms with Crippen LogP contribution in [0.25, 0.3) is 0 Å². The highest BCUT2D eigenvalue weighted by molar-refractivity contribution is 5.76. The fourth-order valence-electron chi connectivity index (χ4n) is 6.01. The Balaban J connectivity index is 1.97. The maximum Gasteiger partial charge on any atom is 0.224 e. The van der Waals surface area contributed by atoms with Gasteiger partial charge in [-0.25, -0.2) is 0 Å². The summed E-state index contributed by atoms with van der Waals surface area (Å²) in [5, 5.41) is 0. The molecule has 2 aliphatic carbocycles. The molecule has 0 bridgehead atoms. The third kappa shape index (κ3) is 6.67. The van der Waals surface area contributed by atoms with Crippen LogP contribution in [0.5, 0.6) is 0 Å². The molecule has 1 amide bonds. The smallest absolute Gasteiger partial charge is 0.224 e. The van der Waals surface area contributed by atoms with Gasteiger partial charge in [0, 0.05) is 41.8 Å². The first-order valence-corrected chi connectivity index (χ1v) is 11.6. The average Bonchev–Trinajstić information content (AvgIpc) is 2.70. The van der Waals surface area contributed by atoms with Crippen molar-refractivity contribution in [3.05, 3.63) is 0 Å². The SMILES string of the molecule is COC(CCC1C(C)CCC2CC(C)CC(OC)C21)CC(CC(=O)N(C)C)OC. The van der Waals surface area contributed by atoms with E-state index in [2.05, 4.69) is 13.8 Å². The number of carbonyl (C=O) groups excluding carboxylic acids is 1. The van der Waals surface area contributed by atoms with Gasteiger partial charge >= 0.3 is 0 Å². The molecule has 0 aromatic heterocycles. The van der Waals surface area contributed by atoms with Crippen LogP contribution < -0.4 is 0 Å². The van der Waals surface area contributed by atoms with Gasteiger partial charge in [-0.1, -0.05) is 20.3 Å². The standard InChI is InChI=1S/C24H45NO4/c1-16-12-18-9-8-17(2)21(24(18)22(13-16)29-7)11-10-19(27-5)14-20(28-6)15-23(26)25(3)4/h16-22,24H,8-15H2,1-7H3. The minimum absolute atomic E-state index is 0.0892. The first kappa shape index (κ1) is 24.6. The summed E-state index contributed by atoms with van der Waals surface area (Å²) >= 11 is 0.